The van der Waals surface area contributed by atoms with Gasteiger partial charge in [0.05, 0.1) is 18.8 Å². The molecule has 1 fully saturated rings. The number of fused-ring (bicyclic) bond motifs is 2. The first-order valence-corrected chi connectivity index (χ1v) is 8.48. The lowest BCUT2D eigenvalue weighted by molar-refractivity contribution is -0.875. The van der Waals surface area contributed by atoms with Gasteiger partial charge in [0, 0.05) is 38.5 Å². The second-order valence-corrected chi connectivity index (χ2v) is 7.13. The van der Waals surface area contributed by atoms with Crippen LogP contribution in [0.15, 0.2) is 35.7 Å². The number of hydrogen-bond donors (Lipinski definition) is 3. The Balaban J connectivity index is 1.73. The minimum absolute atomic E-state index is 0.220. The van der Waals surface area contributed by atoms with Crippen molar-refractivity contribution in [1.29, 1.82) is 0 Å². The van der Waals surface area contributed by atoms with E-state index in [9.17, 15) is 0 Å². The van der Waals surface area contributed by atoms with Crippen LogP contribution < -0.4 is 20.4 Å². The lowest BCUT2D eigenvalue weighted by Crippen LogP contribution is -3.14. The van der Waals surface area contributed by atoms with Gasteiger partial charge in [0.15, 0.2) is 10.8 Å². The Morgan fingerprint density at radius 3 is 2.45 bits per heavy atom. The summed E-state index contributed by atoms with van der Waals surface area (Å²) in [6.07, 6.45) is 2.58. The van der Waals surface area contributed by atoms with Gasteiger partial charge in [-0.3, -0.25) is 0 Å². The number of quaternary nitrogens is 1. The number of benzene rings is 1. The molecule has 4 aliphatic rings. The van der Waals surface area contributed by atoms with Crippen LogP contribution in [-0.4, -0.2) is 32.3 Å². The molecule has 5 heteroatoms. The van der Waals surface area contributed by atoms with E-state index in [-0.39, 0.29) is 6.04 Å². The summed E-state index contributed by atoms with van der Waals surface area (Å²) in [7, 11) is 4.15. The largest absolute Gasteiger partial charge is 0.378 e. The predicted octanol–water partition coefficient (Wildman–Crippen LogP) is 0.792. The van der Waals surface area contributed by atoms with Crippen LogP contribution in [0, 0.1) is 5.92 Å². The SMILES string of the molecule is CN(C)c1ccc(C2NC(=S)NC3=C2[NH+]2CCC3CC2)cc1. The number of anilines is 1. The summed E-state index contributed by atoms with van der Waals surface area (Å²) in [4.78, 5) is 3.76. The topological polar surface area (TPSA) is 31.7 Å². The summed E-state index contributed by atoms with van der Waals surface area (Å²) in [5.74, 6) is 0.677. The van der Waals surface area contributed by atoms with Crippen molar-refractivity contribution in [3.63, 3.8) is 0 Å². The first-order valence-electron chi connectivity index (χ1n) is 8.07. The molecule has 5 rings (SSSR count). The predicted molar refractivity (Wildman–Crippen MR) is 92.8 cm³/mol. The van der Waals surface area contributed by atoms with Crippen molar-refractivity contribution in [2.24, 2.45) is 5.92 Å². The summed E-state index contributed by atoms with van der Waals surface area (Å²) in [5, 5.41) is 7.72. The highest BCUT2D eigenvalue weighted by Gasteiger charge is 2.44. The van der Waals surface area contributed by atoms with Crippen LogP contribution >= 0.6 is 12.2 Å². The number of piperidine rings is 1. The highest BCUT2D eigenvalue weighted by atomic mass is 32.1. The quantitative estimate of drug-likeness (QED) is 0.705. The summed E-state index contributed by atoms with van der Waals surface area (Å²) >= 11 is 5.46. The summed E-state index contributed by atoms with van der Waals surface area (Å²) in [6.45, 7) is 2.51. The van der Waals surface area contributed by atoms with E-state index in [1.54, 1.807) is 4.90 Å². The minimum atomic E-state index is 0.220. The Kier molecular flexibility index (Phi) is 3.35. The van der Waals surface area contributed by atoms with Crippen LogP contribution in [0.4, 0.5) is 5.69 Å². The van der Waals surface area contributed by atoms with Crippen LogP contribution in [0.1, 0.15) is 24.4 Å². The molecule has 4 nitrogen and oxygen atoms in total. The number of allylic oxidation sites excluding steroid dienone is 1. The molecule has 22 heavy (non-hydrogen) atoms. The molecule has 1 aromatic rings. The summed E-state index contributed by atoms with van der Waals surface area (Å²) in [6, 6.07) is 9.06. The van der Waals surface area contributed by atoms with Gasteiger partial charge in [-0.05, 0) is 29.9 Å². The van der Waals surface area contributed by atoms with E-state index < -0.39 is 0 Å². The van der Waals surface area contributed by atoms with E-state index in [1.807, 2.05) is 0 Å². The molecule has 0 radical (unpaired) electrons. The molecular weight excluding hydrogens is 292 g/mol. The maximum Gasteiger partial charge on any atom is 0.171 e. The second kappa shape index (κ2) is 5.25. The zero-order valence-corrected chi connectivity index (χ0v) is 14.0. The third-order valence-corrected chi connectivity index (χ3v) is 5.44. The summed E-state index contributed by atoms with van der Waals surface area (Å²) in [5.41, 5.74) is 5.43. The van der Waals surface area contributed by atoms with Gasteiger partial charge in [0.1, 0.15) is 6.04 Å². The number of nitrogens with zero attached hydrogens (tertiary/aromatic N) is 1. The van der Waals surface area contributed by atoms with Gasteiger partial charge in [-0.15, -0.1) is 0 Å². The fraction of sp³-hybridized carbons (Fsp3) is 0.471. The van der Waals surface area contributed by atoms with Crippen LogP contribution in [0.3, 0.4) is 0 Å². The Morgan fingerprint density at radius 1 is 1.14 bits per heavy atom. The van der Waals surface area contributed by atoms with E-state index in [2.05, 4.69) is 53.9 Å². The fourth-order valence-electron chi connectivity index (χ4n) is 4.04. The normalized spacial score (nSPS) is 29.7. The molecule has 0 aromatic heterocycles. The maximum atomic E-state index is 5.46. The molecule has 4 aliphatic heterocycles. The molecule has 1 aromatic carbocycles. The molecule has 1 atom stereocenters. The molecule has 1 unspecified atom stereocenters. The average Bonchev–Trinajstić information content (AvgIpc) is 2.55. The van der Waals surface area contributed by atoms with Crippen molar-refractivity contribution >= 4 is 23.0 Å². The average molecular weight is 315 g/mol. The number of rotatable bonds is 2. The van der Waals surface area contributed by atoms with Crippen LogP contribution in [0.25, 0.3) is 0 Å². The van der Waals surface area contributed by atoms with E-state index in [1.165, 1.54) is 48.6 Å². The van der Waals surface area contributed by atoms with Gasteiger partial charge >= 0.3 is 0 Å². The van der Waals surface area contributed by atoms with E-state index in [0.29, 0.717) is 5.92 Å². The van der Waals surface area contributed by atoms with Crippen LogP contribution in [0.2, 0.25) is 0 Å². The second-order valence-electron chi connectivity index (χ2n) is 6.72. The van der Waals surface area contributed by atoms with Gasteiger partial charge in [-0.2, -0.15) is 0 Å². The van der Waals surface area contributed by atoms with Crippen molar-refractivity contribution in [2.75, 3.05) is 32.1 Å². The Morgan fingerprint density at radius 2 is 1.82 bits per heavy atom. The smallest absolute Gasteiger partial charge is 0.171 e. The standard InChI is InChI=1S/C17H22N4S/c1-20(2)13-5-3-11(4-6-13)14-16-15(19-17(22)18-14)12-7-9-21(16)10-8-12/h3-6,12,14H,7-10H2,1-2H3,(H2,18,19,22)/p+1. The van der Waals surface area contributed by atoms with E-state index in [4.69, 9.17) is 12.2 Å². The molecule has 2 bridgehead atoms. The fourth-order valence-corrected chi connectivity index (χ4v) is 4.27. The Bertz CT molecular complexity index is 627. The van der Waals surface area contributed by atoms with Crippen LogP contribution in [-0.2, 0) is 0 Å². The first kappa shape index (κ1) is 14.0. The van der Waals surface area contributed by atoms with Crippen molar-refractivity contribution in [1.82, 2.24) is 10.6 Å². The molecule has 116 valence electrons. The van der Waals surface area contributed by atoms with Gasteiger partial charge in [0.2, 0.25) is 0 Å². The van der Waals surface area contributed by atoms with Crippen LogP contribution in [0.5, 0.6) is 0 Å². The molecule has 0 saturated carbocycles. The molecule has 0 aliphatic carbocycles. The zero-order chi connectivity index (χ0) is 15.3. The van der Waals surface area contributed by atoms with Gasteiger partial charge in [-0.25, -0.2) is 0 Å². The van der Waals surface area contributed by atoms with E-state index >= 15 is 0 Å². The zero-order valence-electron chi connectivity index (χ0n) is 13.1. The molecule has 1 saturated heterocycles. The molecule has 3 N–H and O–H groups in total. The van der Waals surface area contributed by atoms with Gasteiger partial charge in [0.25, 0.3) is 0 Å². The summed E-state index contributed by atoms with van der Waals surface area (Å²) < 4.78 is 0. The molecule has 0 amide bonds. The number of nitrogens with one attached hydrogen (secondary N) is 3. The molecule has 0 spiro atoms. The van der Waals surface area contributed by atoms with Crippen molar-refractivity contribution in [3.05, 3.63) is 41.2 Å². The number of hydrogen-bond acceptors (Lipinski definition) is 2. The van der Waals surface area contributed by atoms with E-state index in [0.717, 1.165) is 5.11 Å². The molecular formula is C17H23N4S+. The Hall–Kier alpha value is -1.59. The highest BCUT2D eigenvalue weighted by Crippen LogP contribution is 2.33. The lowest BCUT2D eigenvalue weighted by Gasteiger charge is -2.44. The lowest BCUT2D eigenvalue weighted by atomic mass is 9.82. The van der Waals surface area contributed by atoms with Crippen molar-refractivity contribution in [3.8, 4) is 0 Å². The third kappa shape index (κ3) is 2.20. The molecule has 4 heterocycles. The first-order chi connectivity index (χ1) is 10.6. The third-order valence-electron chi connectivity index (χ3n) is 5.22. The van der Waals surface area contributed by atoms with Gasteiger partial charge < -0.3 is 20.4 Å². The van der Waals surface area contributed by atoms with Gasteiger partial charge in [-0.1, -0.05) is 12.1 Å². The Labute approximate surface area is 137 Å². The van der Waals surface area contributed by atoms with Crippen molar-refractivity contribution in [2.45, 2.75) is 18.9 Å². The minimum Gasteiger partial charge on any atom is -0.378 e. The highest BCUT2D eigenvalue weighted by molar-refractivity contribution is 7.80. The number of thiocarbonyl (C=S) groups is 1. The van der Waals surface area contributed by atoms with Crippen molar-refractivity contribution < 1.29 is 4.90 Å². The monoisotopic (exact) mass is 315 g/mol. The maximum absolute atomic E-state index is 5.46.